The first-order chi connectivity index (χ1) is 12.2. The van der Waals surface area contributed by atoms with Crippen LogP contribution in [0.3, 0.4) is 0 Å². The molecule has 4 rings (SSSR count). The number of aromatic nitrogens is 5. The Morgan fingerprint density at radius 2 is 2.20 bits per heavy atom. The van der Waals surface area contributed by atoms with Gasteiger partial charge in [-0.25, -0.2) is 14.6 Å². The Labute approximate surface area is 143 Å². The van der Waals surface area contributed by atoms with E-state index in [0.29, 0.717) is 18.1 Å². The number of rotatable bonds is 5. The molecular weight excluding hydrogens is 320 g/mol. The summed E-state index contributed by atoms with van der Waals surface area (Å²) in [5.41, 5.74) is 0.153. The third-order valence-electron chi connectivity index (χ3n) is 4.46. The van der Waals surface area contributed by atoms with E-state index in [1.165, 1.54) is 16.9 Å². The van der Waals surface area contributed by atoms with Crippen LogP contribution in [0.4, 0.5) is 0 Å². The fraction of sp³-hybridized carbons (Fsp3) is 0.353. The Bertz CT molecular complexity index is 988. The highest BCUT2D eigenvalue weighted by molar-refractivity contribution is 5.94. The quantitative estimate of drug-likeness (QED) is 0.754. The maximum Gasteiger partial charge on any atom is 0.270 e. The van der Waals surface area contributed by atoms with E-state index in [4.69, 9.17) is 0 Å². The Balaban J connectivity index is 1.67. The lowest BCUT2D eigenvalue weighted by atomic mass is 10.1. The van der Waals surface area contributed by atoms with Crippen molar-refractivity contribution in [2.45, 2.75) is 32.4 Å². The highest BCUT2D eigenvalue weighted by atomic mass is 16.2. The van der Waals surface area contributed by atoms with Crippen LogP contribution in [-0.4, -0.2) is 30.1 Å². The van der Waals surface area contributed by atoms with Gasteiger partial charge in [-0.1, -0.05) is 6.07 Å². The van der Waals surface area contributed by atoms with E-state index < -0.39 is 5.91 Å². The molecule has 3 aromatic heterocycles. The molecule has 1 unspecified atom stereocenters. The van der Waals surface area contributed by atoms with Gasteiger partial charge in [0, 0.05) is 18.9 Å². The monoisotopic (exact) mass is 338 g/mol. The summed E-state index contributed by atoms with van der Waals surface area (Å²) in [6.45, 7) is 2.65. The van der Waals surface area contributed by atoms with E-state index in [1.54, 1.807) is 29.1 Å². The molecular formula is C17H18N6O2. The van der Waals surface area contributed by atoms with Crippen molar-refractivity contribution in [3.8, 4) is 0 Å². The molecule has 3 aromatic rings. The van der Waals surface area contributed by atoms with Gasteiger partial charge in [0.1, 0.15) is 23.4 Å². The summed E-state index contributed by atoms with van der Waals surface area (Å²) >= 11 is 0. The van der Waals surface area contributed by atoms with Gasteiger partial charge in [-0.05, 0) is 37.8 Å². The minimum absolute atomic E-state index is 0.0249. The van der Waals surface area contributed by atoms with Crippen LogP contribution in [0, 0.1) is 5.92 Å². The van der Waals surface area contributed by atoms with Crippen molar-refractivity contribution in [2.24, 2.45) is 5.92 Å². The van der Waals surface area contributed by atoms with Crippen molar-refractivity contribution in [3.05, 3.63) is 58.7 Å². The van der Waals surface area contributed by atoms with Gasteiger partial charge < -0.3 is 5.32 Å². The van der Waals surface area contributed by atoms with Crippen molar-refractivity contribution in [3.63, 3.8) is 0 Å². The fourth-order valence-corrected chi connectivity index (χ4v) is 2.98. The maximum atomic E-state index is 12.7. The van der Waals surface area contributed by atoms with Gasteiger partial charge in [0.2, 0.25) is 0 Å². The first-order valence-electron chi connectivity index (χ1n) is 8.34. The number of amides is 1. The number of carbonyl (C=O) groups is 1. The van der Waals surface area contributed by atoms with Crippen molar-refractivity contribution in [2.75, 3.05) is 0 Å². The largest absolute Gasteiger partial charge is 0.342 e. The van der Waals surface area contributed by atoms with Gasteiger partial charge in [-0.3, -0.25) is 14.0 Å². The number of hydrogen-bond donors (Lipinski definition) is 1. The molecule has 0 saturated heterocycles. The van der Waals surface area contributed by atoms with Crippen LogP contribution in [0.5, 0.6) is 0 Å². The molecule has 1 saturated carbocycles. The van der Waals surface area contributed by atoms with Crippen molar-refractivity contribution >= 4 is 11.6 Å². The standard InChI is InChI=1S/C17H18N6O2/c1-2-23-15(19-10-20-23)14(11-6-7-11)21-16(24)12-9-18-13-5-3-4-8-22(13)17(12)25/h3-5,8-11,14H,2,6-7H2,1H3,(H,21,24). The van der Waals surface area contributed by atoms with E-state index in [2.05, 4.69) is 20.4 Å². The van der Waals surface area contributed by atoms with Crippen LogP contribution >= 0.6 is 0 Å². The molecule has 8 nitrogen and oxygen atoms in total. The molecule has 0 bridgehead atoms. The van der Waals surface area contributed by atoms with E-state index in [9.17, 15) is 9.59 Å². The molecule has 1 aliphatic rings. The molecule has 0 spiro atoms. The zero-order valence-electron chi connectivity index (χ0n) is 13.8. The third kappa shape index (κ3) is 2.79. The molecule has 1 amide bonds. The van der Waals surface area contributed by atoms with Crippen molar-refractivity contribution < 1.29 is 4.79 Å². The summed E-state index contributed by atoms with van der Waals surface area (Å²) in [7, 11) is 0. The van der Waals surface area contributed by atoms with Crippen LogP contribution in [0.15, 0.2) is 41.7 Å². The SMILES string of the molecule is CCn1ncnc1C(NC(=O)c1cnc2ccccn2c1=O)C1CC1. The van der Waals surface area contributed by atoms with Gasteiger partial charge in [0.15, 0.2) is 0 Å². The Morgan fingerprint density at radius 1 is 1.36 bits per heavy atom. The summed E-state index contributed by atoms with van der Waals surface area (Å²) in [6.07, 6.45) is 6.48. The zero-order chi connectivity index (χ0) is 17.4. The van der Waals surface area contributed by atoms with E-state index in [-0.39, 0.29) is 17.2 Å². The van der Waals surface area contributed by atoms with E-state index in [1.807, 2.05) is 6.92 Å². The maximum absolute atomic E-state index is 12.7. The molecule has 1 aliphatic carbocycles. The minimum atomic E-state index is -0.432. The summed E-state index contributed by atoms with van der Waals surface area (Å²) in [5, 5.41) is 7.14. The van der Waals surface area contributed by atoms with Gasteiger partial charge in [0.25, 0.3) is 11.5 Å². The molecule has 3 heterocycles. The lowest BCUT2D eigenvalue weighted by molar-refractivity contribution is 0.0926. The van der Waals surface area contributed by atoms with Crippen LogP contribution in [0.2, 0.25) is 0 Å². The normalized spacial score (nSPS) is 15.2. The summed E-state index contributed by atoms with van der Waals surface area (Å²) in [4.78, 5) is 33.8. The molecule has 1 fully saturated rings. The highest BCUT2D eigenvalue weighted by Crippen LogP contribution is 2.40. The minimum Gasteiger partial charge on any atom is -0.342 e. The van der Waals surface area contributed by atoms with Crippen LogP contribution in [-0.2, 0) is 6.54 Å². The highest BCUT2D eigenvalue weighted by Gasteiger charge is 2.36. The number of carbonyl (C=O) groups excluding carboxylic acids is 1. The van der Waals surface area contributed by atoms with Gasteiger partial charge >= 0.3 is 0 Å². The molecule has 8 heteroatoms. The molecule has 0 aliphatic heterocycles. The first-order valence-corrected chi connectivity index (χ1v) is 8.34. The van der Waals surface area contributed by atoms with Gasteiger partial charge in [-0.15, -0.1) is 0 Å². The first kappa shape index (κ1) is 15.5. The molecule has 1 atom stereocenters. The Kier molecular flexibility index (Phi) is 3.79. The average Bonchev–Trinajstić information content (AvgIpc) is 3.36. The van der Waals surface area contributed by atoms with Gasteiger partial charge in [-0.2, -0.15) is 5.10 Å². The van der Waals surface area contributed by atoms with Gasteiger partial charge in [0.05, 0.1) is 6.04 Å². The second-order valence-electron chi connectivity index (χ2n) is 6.13. The number of hydrogen-bond acceptors (Lipinski definition) is 5. The summed E-state index contributed by atoms with van der Waals surface area (Å²) in [5.74, 6) is 0.625. The zero-order valence-corrected chi connectivity index (χ0v) is 13.8. The fourth-order valence-electron chi connectivity index (χ4n) is 2.98. The topological polar surface area (TPSA) is 94.2 Å². The van der Waals surface area contributed by atoms with Crippen LogP contribution in [0.25, 0.3) is 5.65 Å². The van der Waals surface area contributed by atoms with Crippen molar-refractivity contribution in [1.82, 2.24) is 29.5 Å². The smallest absolute Gasteiger partial charge is 0.270 e. The predicted molar refractivity (Wildman–Crippen MR) is 90.1 cm³/mol. The predicted octanol–water partition coefficient (Wildman–Crippen LogP) is 1.19. The molecule has 25 heavy (non-hydrogen) atoms. The van der Waals surface area contributed by atoms with Crippen LogP contribution < -0.4 is 10.9 Å². The summed E-state index contributed by atoms with van der Waals surface area (Å²) in [6, 6.07) is 5.00. The number of fused-ring (bicyclic) bond motifs is 1. The van der Waals surface area contributed by atoms with Crippen molar-refractivity contribution in [1.29, 1.82) is 0 Å². The van der Waals surface area contributed by atoms with E-state index in [0.717, 1.165) is 18.7 Å². The molecule has 0 radical (unpaired) electrons. The number of aryl methyl sites for hydroxylation is 1. The second-order valence-corrected chi connectivity index (χ2v) is 6.13. The molecule has 1 N–H and O–H groups in total. The third-order valence-corrected chi connectivity index (χ3v) is 4.46. The number of nitrogens with zero attached hydrogens (tertiary/aromatic N) is 5. The lowest BCUT2D eigenvalue weighted by Crippen LogP contribution is -2.36. The second kappa shape index (κ2) is 6.12. The molecule has 0 aromatic carbocycles. The lowest BCUT2D eigenvalue weighted by Gasteiger charge is -2.18. The molecule has 128 valence electrons. The summed E-state index contributed by atoms with van der Waals surface area (Å²) < 4.78 is 3.14. The number of nitrogens with one attached hydrogen (secondary N) is 1. The van der Waals surface area contributed by atoms with E-state index >= 15 is 0 Å². The average molecular weight is 338 g/mol. The Hall–Kier alpha value is -3.03. The number of pyridine rings is 1. The Morgan fingerprint density at radius 3 is 2.96 bits per heavy atom. The van der Waals surface area contributed by atoms with Crippen LogP contribution in [0.1, 0.15) is 42.0 Å².